The van der Waals surface area contributed by atoms with Crippen LogP contribution in [0, 0.1) is 0 Å². The van der Waals surface area contributed by atoms with E-state index in [0.29, 0.717) is 0 Å². The number of aliphatic hydroxyl groups excluding tert-OH is 1. The molecule has 2 unspecified atom stereocenters. The maximum Gasteiger partial charge on any atom is 0.119 e. The normalized spacial score (nSPS) is 20.9. The summed E-state index contributed by atoms with van der Waals surface area (Å²) < 4.78 is 5.26. The van der Waals surface area contributed by atoms with Crippen molar-refractivity contribution < 1.29 is 9.84 Å². The van der Waals surface area contributed by atoms with Crippen LogP contribution < -0.4 is 10.1 Å². The summed E-state index contributed by atoms with van der Waals surface area (Å²) in [6.07, 6.45) is 1.46. The predicted molar refractivity (Wildman–Crippen MR) is 83.3 cm³/mol. The van der Waals surface area contributed by atoms with Crippen LogP contribution in [0.5, 0.6) is 5.75 Å². The van der Waals surface area contributed by atoms with Crippen LogP contribution in [0.15, 0.2) is 48.5 Å². The van der Waals surface area contributed by atoms with Gasteiger partial charge in [0.05, 0.1) is 13.2 Å². The number of aryl methyl sites for hydroxylation is 1. The summed E-state index contributed by atoms with van der Waals surface area (Å²) in [5.41, 5.74) is 3.45. The number of fused-ring (bicyclic) bond motifs is 1. The zero-order valence-electron chi connectivity index (χ0n) is 12.3. The van der Waals surface area contributed by atoms with E-state index in [2.05, 4.69) is 23.5 Å². The number of benzene rings is 2. The summed E-state index contributed by atoms with van der Waals surface area (Å²) in [4.78, 5) is 0. The van der Waals surface area contributed by atoms with Gasteiger partial charge in [0.2, 0.25) is 0 Å². The Kier molecular flexibility index (Phi) is 4.23. The minimum atomic E-state index is -0.479. The van der Waals surface area contributed by atoms with Crippen molar-refractivity contribution in [2.45, 2.75) is 31.5 Å². The highest BCUT2D eigenvalue weighted by molar-refractivity contribution is 5.39. The molecule has 0 aliphatic heterocycles. The Morgan fingerprint density at radius 3 is 2.76 bits per heavy atom. The predicted octanol–water partition coefficient (Wildman–Crippen LogP) is 2.83. The summed E-state index contributed by atoms with van der Waals surface area (Å²) >= 11 is 0. The number of hydrogen-bond acceptors (Lipinski definition) is 3. The van der Waals surface area contributed by atoms with Crippen molar-refractivity contribution in [2.75, 3.05) is 7.11 Å². The zero-order valence-corrected chi connectivity index (χ0v) is 12.3. The Morgan fingerprint density at radius 1 is 1.19 bits per heavy atom. The monoisotopic (exact) mass is 283 g/mol. The van der Waals surface area contributed by atoms with Gasteiger partial charge in [-0.15, -0.1) is 0 Å². The molecule has 0 heterocycles. The van der Waals surface area contributed by atoms with Crippen LogP contribution in [-0.4, -0.2) is 18.3 Å². The molecule has 0 saturated carbocycles. The maximum atomic E-state index is 10.6. The largest absolute Gasteiger partial charge is 0.497 e. The fourth-order valence-corrected chi connectivity index (χ4v) is 2.95. The second-order valence-electron chi connectivity index (χ2n) is 5.52. The lowest BCUT2D eigenvalue weighted by molar-refractivity contribution is 0.114. The van der Waals surface area contributed by atoms with Crippen molar-refractivity contribution in [1.29, 1.82) is 0 Å². The fourth-order valence-electron chi connectivity index (χ4n) is 2.95. The highest BCUT2D eigenvalue weighted by Crippen LogP contribution is 2.32. The highest BCUT2D eigenvalue weighted by atomic mass is 16.5. The van der Waals surface area contributed by atoms with Crippen LogP contribution in [-0.2, 0) is 13.0 Å². The van der Waals surface area contributed by atoms with E-state index in [-0.39, 0.29) is 6.04 Å². The molecule has 0 saturated heterocycles. The van der Waals surface area contributed by atoms with Crippen molar-refractivity contribution in [3.63, 3.8) is 0 Å². The molecule has 3 nitrogen and oxygen atoms in total. The van der Waals surface area contributed by atoms with E-state index in [0.717, 1.165) is 30.7 Å². The van der Waals surface area contributed by atoms with E-state index in [4.69, 9.17) is 4.74 Å². The third-order valence-corrected chi connectivity index (χ3v) is 4.19. The Hall–Kier alpha value is -1.84. The minimum absolute atomic E-state index is 0.0878. The number of hydrogen-bond donors (Lipinski definition) is 2. The standard InChI is InChI=1S/C18H21NO2/c1-21-15-9-7-14-8-10-17(18(20)16(14)11-15)19-12-13-5-3-2-4-6-13/h2-7,9,11,17-20H,8,10,12H2,1H3. The first kappa shape index (κ1) is 14.1. The Labute approximate surface area is 125 Å². The summed E-state index contributed by atoms with van der Waals surface area (Å²) in [6, 6.07) is 16.3. The van der Waals surface area contributed by atoms with Crippen molar-refractivity contribution in [1.82, 2.24) is 5.32 Å². The first-order valence-corrected chi connectivity index (χ1v) is 7.40. The lowest BCUT2D eigenvalue weighted by Crippen LogP contribution is -2.38. The van der Waals surface area contributed by atoms with Gasteiger partial charge in [-0.25, -0.2) is 0 Å². The van der Waals surface area contributed by atoms with Gasteiger partial charge in [-0.05, 0) is 41.7 Å². The summed E-state index contributed by atoms with van der Waals surface area (Å²) in [6.45, 7) is 0.780. The molecule has 2 N–H and O–H groups in total. The second-order valence-corrected chi connectivity index (χ2v) is 5.52. The number of rotatable bonds is 4. The lowest BCUT2D eigenvalue weighted by atomic mass is 9.85. The van der Waals surface area contributed by atoms with Gasteiger partial charge < -0.3 is 15.2 Å². The smallest absolute Gasteiger partial charge is 0.119 e. The van der Waals surface area contributed by atoms with Gasteiger partial charge >= 0.3 is 0 Å². The van der Waals surface area contributed by atoms with Gasteiger partial charge in [-0.3, -0.25) is 0 Å². The van der Waals surface area contributed by atoms with Crippen LogP contribution in [0.25, 0.3) is 0 Å². The topological polar surface area (TPSA) is 41.5 Å². The maximum absolute atomic E-state index is 10.6. The lowest BCUT2D eigenvalue weighted by Gasteiger charge is -2.31. The molecule has 0 spiro atoms. The van der Waals surface area contributed by atoms with Crippen LogP contribution in [0.1, 0.15) is 29.2 Å². The molecule has 21 heavy (non-hydrogen) atoms. The van der Waals surface area contributed by atoms with Crippen LogP contribution in [0.4, 0.5) is 0 Å². The molecule has 3 heteroatoms. The van der Waals surface area contributed by atoms with Crippen LogP contribution in [0.2, 0.25) is 0 Å². The third kappa shape index (κ3) is 3.09. The van der Waals surface area contributed by atoms with Gasteiger partial charge in [0.15, 0.2) is 0 Å². The molecule has 0 radical (unpaired) electrons. The van der Waals surface area contributed by atoms with Gasteiger partial charge in [0, 0.05) is 12.6 Å². The molecular formula is C18H21NO2. The molecule has 2 atom stereocenters. The third-order valence-electron chi connectivity index (χ3n) is 4.19. The van der Waals surface area contributed by atoms with Gasteiger partial charge in [0.25, 0.3) is 0 Å². The number of methoxy groups -OCH3 is 1. The van der Waals surface area contributed by atoms with Crippen molar-refractivity contribution in [3.05, 3.63) is 65.2 Å². The van der Waals surface area contributed by atoms with Crippen molar-refractivity contribution in [3.8, 4) is 5.75 Å². The number of nitrogens with one attached hydrogen (secondary N) is 1. The molecule has 0 bridgehead atoms. The molecule has 0 fully saturated rings. The van der Waals surface area contributed by atoms with Crippen LogP contribution in [0.3, 0.4) is 0 Å². The van der Waals surface area contributed by atoms with E-state index in [1.54, 1.807) is 7.11 Å². The van der Waals surface area contributed by atoms with E-state index < -0.39 is 6.10 Å². The van der Waals surface area contributed by atoms with E-state index in [1.807, 2.05) is 30.3 Å². The zero-order chi connectivity index (χ0) is 14.7. The average molecular weight is 283 g/mol. The molecule has 2 aromatic rings. The van der Waals surface area contributed by atoms with Crippen molar-refractivity contribution in [2.24, 2.45) is 0 Å². The molecule has 1 aliphatic carbocycles. The molecule has 2 aromatic carbocycles. The SMILES string of the molecule is COc1ccc2c(c1)C(O)C(NCc1ccccc1)CC2. The van der Waals surface area contributed by atoms with E-state index in [1.165, 1.54) is 11.1 Å². The molecule has 0 amide bonds. The molecule has 110 valence electrons. The highest BCUT2D eigenvalue weighted by Gasteiger charge is 2.27. The summed E-state index contributed by atoms with van der Waals surface area (Å²) in [5, 5.41) is 14.1. The Balaban J connectivity index is 1.71. The second kappa shape index (κ2) is 6.29. The molecular weight excluding hydrogens is 262 g/mol. The van der Waals surface area contributed by atoms with Gasteiger partial charge in [-0.2, -0.15) is 0 Å². The van der Waals surface area contributed by atoms with Gasteiger partial charge in [-0.1, -0.05) is 36.4 Å². The Bertz CT molecular complexity index is 597. The minimum Gasteiger partial charge on any atom is -0.497 e. The first-order chi connectivity index (χ1) is 10.3. The van der Waals surface area contributed by atoms with E-state index in [9.17, 15) is 5.11 Å². The summed E-state index contributed by atoms with van der Waals surface area (Å²) in [5.74, 6) is 0.802. The quantitative estimate of drug-likeness (QED) is 0.906. The number of ether oxygens (including phenoxy) is 1. The molecule has 3 rings (SSSR count). The first-order valence-electron chi connectivity index (χ1n) is 7.40. The van der Waals surface area contributed by atoms with Crippen molar-refractivity contribution >= 4 is 0 Å². The Morgan fingerprint density at radius 2 is 2.00 bits per heavy atom. The fraction of sp³-hybridized carbons (Fsp3) is 0.333. The van der Waals surface area contributed by atoms with Gasteiger partial charge in [0.1, 0.15) is 5.75 Å². The van der Waals surface area contributed by atoms with Crippen LogP contribution >= 0.6 is 0 Å². The molecule has 1 aliphatic rings. The number of aliphatic hydroxyl groups is 1. The van der Waals surface area contributed by atoms with E-state index >= 15 is 0 Å². The summed E-state index contributed by atoms with van der Waals surface area (Å²) in [7, 11) is 1.65. The average Bonchev–Trinajstić information content (AvgIpc) is 2.55. The molecule has 0 aromatic heterocycles.